The van der Waals surface area contributed by atoms with Crippen LogP contribution in [0.25, 0.3) is 0 Å². The molecule has 0 aliphatic carbocycles. The Morgan fingerprint density at radius 1 is 1.03 bits per heavy atom. The molecule has 2 amide bonds. The number of anilines is 1. The van der Waals surface area contributed by atoms with Crippen LogP contribution in [0.1, 0.15) is 31.4 Å². The molecule has 1 atom stereocenters. The molecule has 3 rings (SSSR count). The van der Waals surface area contributed by atoms with E-state index in [1.54, 1.807) is 43.3 Å². The third-order valence-electron chi connectivity index (χ3n) is 6.05. The molecule has 0 saturated heterocycles. The van der Waals surface area contributed by atoms with Gasteiger partial charge in [-0.15, -0.1) is 0 Å². The van der Waals surface area contributed by atoms with Crippen molar-refractivity contribution in [3.05, 3.63) is 94.8 Å². The number of carbonyl (C=O) groups is 2. The minimum atomic E-state index is -4.19. The van der Waals surface area contributed by atoms with E-state index in [4.69, 9.17) is 11.6 Å². The zero-order valence-corrected chi connectivity index (χ0v) is 23.1. The van der Waals surface area contributed by atoms with E-state index in [-0.39, 0.29) is 22.7 Å². The first-order valence-corrected chi connectivity index (χ1v) is 14.0. The van der Waals surface area contributed by atoms with Gasteiger partial charge in [0.15, 0.2) is 0 Å². The van der Waals surface area contributed by atoms with E-state index in [0.717, 1.165) is 4.31 Å². The van der Waals surface area contributed by atoms with Crippen molar-refractivity contribution >= 4 is 39.1 Å². The number of sulfonamides is 1. The molecule has 0 spiro atoms. The lowest BCUT2D eigenvalue weighted by Gasteiger charge is -2.32. The summed E-state index contributed by atoms with van der Waals surface area (Å²) in [5.41, 5.74) is 1.01. The van der Waals surface area contributed by atoms with Crippen LogP contribution in [0.3, 0.4) is 0 Å². The van der Waals surface area contributed by atoms with Crippen LogP contribution in [0, 0.1) is 12.7 Å². The summed E-state index contributed by atoms with van der Waals surface area (Å²) in [7, 11) is -4.19. The number of carbonyl (C=O) groups excluding carboxylic acids is 2. The van der Waals surface area contributed by atoms with Gasteiger partial charge in [0.1, 0.15) is 18.4 Å². The molecule has 0 radical (unpaired) electrons. The Balaban J connectivity index is 2.05. The van der Waals surface area contributed by atoms with Gasteiger partial charge in [0, 0.05) is 23.7 Å². The molecule has 3 aromatic carbocycles. The second-order valence-electron chi connectivity index (χ2n) is 8.84. The maximum absolute atomic E-state index is 14.6. The summed E-state index contributed by atoms with van der Waals surface area (Å²) in [6.07, 6.45) is 0.693. The Morgan fingerprint density at radius 3 is 2.32 bits per heavy atom. The number of nitrogens with one attached hydrogen (secondary N) is 1. The van der Waals surface area contributed by atoms with Gasteiger partial charge in [-0.1, -0.05) is 54.9 Å². The predicted octanol–water partition coefficient (Wildman–Crippen LogP) is 4.93. The fraction of sp³-hybridized carbons (Fsp3) is 0.286. The normalized spacial score (nSPS) is 12.0. The van der Waals surface area contributed by atoms with Crippen molar-refractivity contribution in [2.24, 2.45) is 0 Å². The highest BCUT2D eigenvalue weighted by Crippen LogP contribution is 2.29. The number of aryl methyl sites for hydroxylation is 1. The Morgan fingerprint density at radius 2 is 1.68 bits per heavy atom. The number of benzene rings is 3. The molecular formula is C28H31ClFN3O4S. The van der Waals surface area contributed by atoms with Crippen LogP contribution in [0.2, 0.25) is 5.02 Å². The summed E-state index contributed by atoms with van der Waals surface area (Å²) in [6.45, 7) is 4.70. The van der Waals surface area contributed by atoms with Crippen molar-refractivity contribution in [2.45, 2.75) is 44.7 Å². The molecule has 202 valence electrons. The van der Waals surface area contributed by atoms with Gasteiger partial charge in [-0.25, -0.2) is 12.8 Å². The van der Waals surface area contributed by atoms with Crippen molar-refractivity contribution in [3.8, 4) is 0 Å². The lowest BCUT2D eigenvalue weighted by Crippen LogP contribution is -2.51. The van der Waals surface area contributed by atoms with E-state index in [9.17, 15) is 22.4 Å². The summed E-state index contributed by atoms with van der Waals surface area (Å²) in [4.78, 5) is 27.8. The molecule has 0 bridgehead atoms. The minimum absolute atomic E-state index is 0.00320. The zero-order chi connectivity index (χ0) is 27.9. The average Bonchev–Trinajstić information content (AvgIpc) is 2.90. The van der Waals surface area contributed by atoms with E-state index in [0.29, 0.717) is 23.6 Å². The number of halogens is 2. The van der Waals surface area contributed by atoms with Crippen molar-refractivity contribution < 1.29 is 22.4 Å². The molecule has 0 unspecified atom stereocenters. The van der Waals surface area contributed by atoms with Crippen LogP contribution in [-0.2, 0) is 26.2 Å². The highest BCUT2D eigenvalue weighted by atomic mass is 35.5. The molecule has 0 aliphatic heterocycles. The van der Waals surface area contributed by atoms with Crippen LogP contribution in [0.4, 0.5) is 10.1 Å². The SMILES string of the molecule is CCCNC(=O)[C@@H](C)N(Cc1ccccc1F)C(=O)CN(c1ccc(Cl)cc1C)S(=O)(=O)c1ccccc1. The summed E-state index contributed by atoms with van der Waals surface area (Å²) >= 11 is 6.11. The molecule has 0 heterocycles. The highest BCUT2D eigenvalue weighted by molar-refractivity contribution is 7.92. The first kappa shape index (κ1) is 29.1. The fourth-order valence-corrected chi connectivity index (χ4v) is 5.65. The molecule has 0 aromatic heterocycles. The number of nitrogens with zero attached hydrogens (tertiary/aromatic N) is 2. The summed E-state index contributed by atoms with van der Waals surface area (Å²) < 4.78 is 43.1. The Kier molecular flexibility index (Phi) is 9.88. The van der Waals surface area contributed by atoms with Crippen molar-refractivity contribution in [1.29, 1.82) is 0 Å². The monoisotopic (exact) mass is 559 g/mol. The van der Waals surface area contributed by atoms with Crippen molar-refractivity contribution in [3.63, 3.8) is 0 Å². The lowest BCUT2D eigenvalue weighted by molar-refractivity contribution is -0.139. The topological polar surface area (TPSA) is 86.8 Å². The predicted molar refractivity (Wildman–Crippen MR) is 147 cm³/mol. The van der Waals surface area contributed by atoms with Gasteiger partial charge in [-0.3, -0.25) is 13.9 Å². The molecular weight excluding hydrogens is 529 g/mol. The molecule has 38 heavy (non-hydrogen) atoms. The van der Waals surface area contributed by atoms with E-state index in [1.165, 1.54) is 48.2 Å². The van der Waals surface area contributed by atoms with Gasteiger partial charge in [-0.05, 0) is 62.2 Å². The van der Waals surface area contributed by atoms with Crippen LogP contribution in [0.15, 0.2) is 77.7 Å². The lowest BCUT2D eigenvalue weighted by atomic mass is 10.1. The van der Waals surface area contributed by atoms with E-state index < -0.39 is 40.2 Å². The summed E-state index contributed by atoms with van der Waals surface area (Å²) in [5.74, 6) is -1.62. The van der Waals surface area contributed by atoms with E-state index in [1.807, 2.05) is 6.92 Å². The van der Waals surface area contributed by atoms with Crippen LogP contribution < -0.4 is 9.62 Å². The molecule has 7 nitrogen and oxygen atoms in total. The van der Waals surface area contributed by atoms with Crippen molar-refractivity contribution in [1.82, 2.24) is 10.2 Å². The smallest absolute Gasteiger partial charge is 0.264 e. The number of rotatable bonds is 11. The third-order valence-corrected chi connectivity index (χ3v) is 8.06. The van der Waals surface area contributed by atoms with Gasteiger partial charge < -0.3 is 10.2 Å². The van der Waals surface area contributed by atoms with Crippen LogP contribution >= 0.6 is 11.6 Å². The number of amides is 2. The first-order chi connectivity index (χ1) is 18.1. The molecule has 10 heteroatoms. The second kappa shape index (κ2) is 12.9. The van der Waals surface area contributed by atoms with Gasteiger partial charge in [0.25, 0.3) is 10.0 Å². The summed E-state index contributed by atoms with van der Waals surface area (Å²) in [5, 5.41) is 3.17. The average molecular weight is 560 g/mol. The standard InChI is InChI=1S/C28H31ClFN3O4S/c1-4-16-31-28(35)21(3)32(18-22-10-8-9-13-25(22)30)27(34)19-33(26-15-14-23(29)17-20(26)2)38(36,37)24-11-6-5-7-12-24/h5-15,17,21H,4,16,18-19H2,1-3H3,(H,31,35)/t21-/m1/s1. The molecule has 0 fully saturated rings. The van der Waals surface area contributed by atoms with E-state index >= 15 is 0 Å². The Bertz CT molecular complexity index is 1390. The number of hydrogen-bond acceptors (Lipinski definition) is 4. The zero-order valence-electron chi connectivity index (χ0n) is 21.5. The van der Waals surface area contributed by atoms with Gasteiger partial charge >= 0.3 is 0 Å². The van der Waals surface area contributed by atoms with Crippen LogP contribution in [0.5, 0.6) is 0 Å². The van der Waals surface area contributed by atoms with Gasteiger partial charge in [0.2, 0.25) is 11.8 Å². The molecule has 0 aliphatic rings. The molecule has 3 aromatic rings. The first-order valence-electron chi connectivity index (χ1n) is 12.2. The largest absolute Gasteiger partial charge is 0.354 e. The number of hydrogen-bond donors (Lipinski definition) is 1. The van der Waals surface area contributed by atoms with Crippen molar-refractivity contribution in [2.75, 3.05) is 17.4 Å². The summed E-state index contributed by atoms with van der Waals surface area (Å²) in [6, 6.07) is 17.4. The molecule has 0 saturated carbocycles. The van der Waals surface area contributed by atoms with Gasteiger partial charge in [-0.2, -0.15) is 0 Å². The quantitative estimate of drug-likeness (QED) is 0.361. The molecule has 1 N–H and O–H groups in total. The maximum atomic E-state index is 14.6. The Labute approximate surface area is 228 Å². The highest BCUT2D eigenvalue weighted by Gasteiger charge is 2.33. The maximum Gasteiger partial charge on any atom is 0.264 e. The third kappa shape index (κ3) is 6.90. The van der Waals surface area contributed by atoms with E-state index in [2.05, 4.69) is 5.32 Å². The fourth-order valence-electron chi connectivity index (χ4n) is 3.92. The van der Waals surface area contributed by atoms with Gasteiger partial charge in [0.05, 0.1) is 10.6 Å². The van der Waals surface area contributed by atoms with Crippen LogP contribution in [-0.4, -0.2) is 44.3 Å². The minimum Gasteiger partial charge on any atom is -0.354 e. The second-order valence-corrected chi connectivity index (χ2v) is 11.1. The Hall–Kier alpha value is -3.43.